The second-order valence-electron chi connectivity index (χ2n) is 13.2. The molecule has 0 radical (unpaired) electrons. The zero-order valence-electron chi connectivity index (χ0n) is 27.8. The van der Waals surface area contributed by atoms with Crippen LogP contribution in [0.1, 0.15) is 101 Å². The lowest BCUT2D eigenvalue weighted by molar-refractivity contribution is -0.145. The molecule has 242 valence electrons. The average Bonchev–Trinajstić information content (AvgIpc) is 2.84. The van der Waals surface area contributed by atoms with E-state index in [1.807, 2.05) is 27.7 Å². The summed E-state index contributed by atoms with van der Waals surface area (Å²) in [6, 6.07) is 0. The Morgan fingerprint density at radius 3 is 1.62 bits per heavy atom. The van der Waals surface area contributed by atoms with Gasteiger partial charge in [0.15, 0.2) is 13.2 Å². The van der Waals surface area contributed by atoms with E-state index >= 15 is 0 Å². The average molecular weight is 597 g/mol. The summed E-state index contributed by atoms with van der Waals surface area (Å²) in [6.45, 7) is 26.5. The molecule has 0 aliphatic carbocycles. The molecule has 0 saturated carbocycles. The van der Waals surface area contributed by atoms with Gasteiger partial charge in [0.25, 0.3) is 11.8 Å². The summed E-state index contributed by atoms with van der Waals surface area (Å²) in [7, 11) is 0. The van der Waals surface area contributed by atoms with Crippen molar-refractivity contribution in [2.75, 3.05) is 33.0 Å². The van der Waals surface area contributed by atoms with Gasteiger partial charge in [-0.1, -0.05) is 33.4 Å². The Kier molecular flexibility index (Phi) is 16.3. The van der Waals surface area contributed by atoms with Crippen LogP contribution in [0.5, 0.6) is 0 Å². The molecular formula is C32H56N2O8. The van der Waals surface area contributed by atoms with Crippen molar-refractivity contribution in [2.45, 2.75) is 118 Å². The maximum absolute atomic E-state index is 12.3. The van der Waals surface area contributed by atoms with Crippen LogP contribution in [-0.2, 0) is 38.1 Å². The maximum Gasteiger partial charge on any atom is 0.333 e. The van der Waals surface area contributed by atoms with Crippen LogP contribution in [0, 0.1) is 5.41 Å². The van der Waals surface area contributed by atoms with Crippen molar-refractivity contribution in [2.24, 2.45) is 5.41 Å². The fraction of sp³-hybridized carbons (Fsp3) is 0.750. The fourth-order valence-corrected chi connectivity index (χ4v) is 4.64. The minimum absolute atomic E-state index is 0.133. The quantitative estimate of drug-likeness (QED) is 0.143. The van der Waals surface area contributed by atoms with Crippen molar-refractivity contribution in [1.82, 2.24) is 10.6 Å². The Balaban J connectivity index is 4.98. The zero-order valence-corrected chi connectivity index (χ0v) is 27.8. The van der Waals surface area contributed by atoms with Crippen LogP contribution in [-0.4, -0.2) is 73.5 Å². The summed E-state index contributed by atoms with van der Waals surface area (Å²) in [5, 5.41) is 5.74. The van der Waals surface area contributed by atoms with Gasteiger partial charge in [-0.15, -0.1) is 0 Å². The minimum Gasteiger partial charge on any atom is -0.452 e. The third-order valence-corrected chi connectivity index (χ3v) is 6.74. The van der Waals surface area contributed by atoms with E-state index in [0.29, 0.717) is 19.6 Å². The van der Waals surface area contributed by atoms with E-state index in [1.165, 1.54) is 13.8 Å². The first-order valence-electron chi connectivity index (χ1n) is 14.7. The molecule has 0 bridgehead atoms. The normalized spacial score (nSPS) is 13.5. The molecule has 2 N–H and O–H groups in total. The van der Waals surface area contributed by atoms with E-state index in [-0.39, 0.29) is 42.3 Å². The Labute approximate surface area is 253 Å². The zero-order chi connectivity index (χ0) is 32.8. The van der Waals surface area contributed by atoms with Gasteiger partial charge >= 0.3 is 11.9 Å². The number of amides is 2. The van der Waals surface area contributed by atoms with Crippen LogP contribution < -0.4 is 10.6 Å². The fourth-order valence-electron chi connectivity index (χ4n) is 4.64. The number of nitrogens with one attached hydrogen (secondary N) is 2. The molecule has 0 fully saturated rings. The smallest absolute Gasteiger partial charge is 0.333 e. The molecule has 0 rings (SSSR count). The number of carbonyl (C=O) groups is 4. The predicted octanol–water partition coefficient (Wildman–Crippen LogP) is 4.80. The highest BCUT2D eigenvalue weighted by Gasteiger charge is 2.36. The number of ether oxygens (including phenoxy) is 4. The first kappa shape index (κ1) is 39.3. The monoisotopic (exact) mass is 596 g/mol. The maximum atomic E-state index is 12.3. The van der Waals surface area contributed by atoms with Crippen LogP contribution in [0.2, 0.25) is 0 Å². The molecule has 0 aromatic rings. The number of hydrogen-bond donors (Lipinski definition) is 2. The molecule has 0 heterocycles. The third-order valence-electron chi connectivity index (χ3n) is 6.74. The third kappa shape index (κ3) is 16.7. The van der Waals surface area contributed by atoms with Crippen molar-refractivity contribution in [3.8, 4) is 0 Å². The highest BCUT2D eigenvalue weighted by atomic mass is 16.5. The van der Waals surface area contributed by atoms with Crippen LogP contribution in [0.15, 0.2) is 24.3 Å². The van der Waals surface area contributed by atoms with Gasteiger partial charge in [-0.2, -0.15) is 0 Å². The largest absolute Gasteiger partial charge is 0.452 e. The van der Waals surface area contributed by atoms with Crippen molar-refractivity contribution < 1.29 is 38.1 Å². The molecule has 0 aromatic heterocycles. The van der Waals surface area contributed by atoms with Crippen molar-refractivity contribution in [3.63, 3.8) is 0 Å². The van der Waals surface area contributed by atoms with Crippen molar-refractivity contribution >= 4 is 23.8 Å². The van der Waals surface area contributed by atoms with E-state index < -0.39 is 34.5 Å². The van der Waals surface area contributed by atoms with Crippen LogP contribution in [0.3, 0.4) is 0 Å². The standard InChI is InChI=1S/C32H56N2O8/c1-13-15-32(14-2,22-39-21-30(9,10)34-26(36)19-41-28(38)24(5)6)20-31(11,12)42-17-16-29(7,8)33-25(35)18-40-27(37)23(3)4/h3,5,13-22H2,1-2,4,6-12H3,(H,33,35)(H,34,36). The van der Waals surface area contributed by atoms with Crippen molar-refractivity contribution in [3.05, 3.63) is 24.3 Å². The molecule has 2 amide bonds. The van der Waals surface area contributed by atoms with Gasteiger partial charge in [0.1, 0.15) is 0 Å². The minimum atomic E-state index is -0.663. The van der Waals surface area contributed by atoms with Gasteiger partial charge in [-0.25, -0.2) is 9.59 Å². The number of rotatable bonds is 21. The molecule has 42 heavy (non-hydrogen) atoms. The number of esters is 2. The predicted molar refractivity (Wildman–Crippen MR) is 164 cm³/mol. The Morgan fingerprint density at radius 1 is 0.714 bits per heavy atom. The molecule has 0 aliphatic heterocycles. The van der Waals surface area contributed by atoms with Gasteiger partial charge in [-0.05, 0) is 86.5 Å². The first-order chi connectivity index (χ1) is 19.2. The lowest BCUT2D eigenvalue weighted by Crippen LogP contribution is -2.49. The van der Waals surface area contributed by atoms with E-state index in [4.69, 9.17) is 18.9 Å². The summed E-state index contributed by atoms with van der Waals surface area (Å²) in [5.74, 6) is -1.99. The number of carbonyl (C=O) groups excluding carboxylic acids is 4. The Morgan fingerprint density at radius 2 is 1.19 bits per heavy atom. The van der Waals surface area contributed by atoms with E-state index in [9.17, 15) is 19.2 Å². The molecule has 0 aliphatic rings. The van der Waals surface area contributed by atoms with Crippen LogP contribution >= 0.6 is 0 Å². The lowest BCUT2D eigenvalue weighted by atomic mass is 9.73. The van der Waals surface area contributed by atoms with Crippen LogP contribution in [0.25, 0.3) is 0 Å². The SMILES string of the molecule is C=C(C)C(=O)OCC(=O)NC(C)(C)CCOC(C)(C)CC(CC)(CCC)COCC(C)(C)NC(=O)COC(=O)C(=C)C. The van der Waals surface area contributed by atoms with Crippen molar-refractivity contribution in [1.29, 1.82) is 0 Å². The molecule has 1 unspecified atom stereocenters. The van der Waals surface area contributed by atoms with E-state index in [0.717, 1.165) is 25.7 Å². The lowest BCUT2D eigenvalue weighted by Gasteiger charge is -2.40. The van der Waals surface area contributed by atoms with Crippen LogP contribution in [0.4, 0.5) is 0 Å². The summed E-state index contributed by atoms with van der Waals surface area (Å²) < 4.78 is 22.4. The second-order valence-corrected chi connectivity index (χ2v) is 13.2. The molecule has 1 atom stereocenters. The highest BCUT2D eigenvalue weighted by molar-refractivity contribution is 5.90. The van der Waals surface area contributed by atoms with Gasteiger partial charge in [-0.3, -0.25) is 9.59 Å². The topological polar surface area (TPSA) is 129 Å². The Hall–Kier alpha value is -2.72. The summed E-state index contributed by atoms with van der Waals surface area (Å²) in [5.41, 5.74) is -1.34. The summed E-state index contributed by atoms with van der Waals surface area (Å²) in [4.78, 5) is 47.6. The molecule has 10 nitrogen and oxygen atoms in total. The van der Waals surface area contributed by atoms with Gasteiger partial charge in [0, 0.05) is 23.3 Å². The van der Waals surface area contributed by atoms with Gasteiger partial charge < -0.3 is 29.6 Å². The molecule has 10 heteroatoms. The van der Waals surface area contributed by atoms with E-state index in [2.05, 4.69) is 51.5 Å². The Bertz CT molecular complexity index is 954. The van der Waals surface area contributed by atoms with E-state index in [1.54, 1.807) is 0 Å². The molecular weight excluding hydrogens is 540 g/mol. The molecule has 0 aromatic carbocycles. The highest BCUT2D eigenvalue weighted by Crippen LogP contribution is 2.39. The summed E-state index contributed by atoms with van der Waals surface area (Å²) >= 11 is 0. The molecule has 0 saturated heterocycles. The summed E-state index contributed by atoms with van der Waals surface area (Å²) in [6.07, 6.45) is 4.15. The molecule has 0 spiro atoms. The van der Waals surface area contributed by atoms with Gasteiger partial charge in [0.05, 0.1) is 24.4 Å². The van der Waals surface area contributed by atoms with Gasteiger partial charge in [0.2, 0.25) is 0 Å². The second kappa shape index (κ2) is 17.4. The first-order valence-corrected chi connectivity index (χ1v) is 14.7. The number of hydrogen-bond acceptors (Lipinski definition) is 8.